The van der Waals surface area contributed by atoms with Gasteiger partial charge in [-0.2, -0.15) is 0 Å². The lowest BCUT2D eigenvalue weighted by Gasteiger charge is -2.33. The molecule has 3 heterocycles. The van der Waals surface area contributed by atoms with Gasteiger partial charge >= 0.3 is 0 Å². The molecule has 4 aromatic rings. The van der Waals surface area contributed by atoms with Gasteiger partial charge in [0.05, 0.1) is 13.1 Å². The van der Waals surface area contributed by atoms with Crippen molar-refractivity contribution in [3.05, 3.63) is 102 Å². The number of fused-ring (bicyclic) bond motifs is 2. The first-order chi connectivity index (χ1) is 15.8. The van der Waals surface area contributed by atoms with Crippen molar-refractivity contribution in [1.82, 2.24) is 4.98 Å². The summed E-state index contributed by atoms with van der Waals surface area (Å²) in [7, 11) is 0. The Bertz CT molecular complexity index is 1180. The molecule has 0 saturated carbocycles. The molecule has 158 valence electrons. The first-order valence-corrected chi connectivity index (χ1v) is 10.8. The Morgan fingerprint density at radius 3 is 1.62 bits per heavy atom. The molecule has 0 amide bonds. The molecular formula is C27H23N3O2. The van der Waals surface area contributed by atoms with E-state index < -0.39 is 0 Å². The minimum Gasteiger partial charge on any atom is -0.473 e. The van der Waals surface area contributed by atoms with E-state index in [4.69, 9.17) is 14.5 Å². The van der Waals surface area contributed by atoms with Crippen LogP contribution >= 0.6 is 0 Å². The van der Waals surface area contributed by atoms with Crippen molar-refractivity contribution in [1.29, 1.82) is 0 Å². The van der Waals surface area contributed by atoms with Crippen LogP contribution in [-0.4, -0.2) is 18.4 Å². The summed E-state index contributed by atoms with van der Waals surface area (Å²) in [6.07, 6.45) is 0. The highest BCUT2D eigenvalue weighted by Gasteiger charge is 2.23. The molecule has 2 aliphatic rings. The average molecular weight is 422 g/mol. The Labute approximate surface area is 187 Å². The largest absolute Gasteiger partial charge is 0.473 e. The van der Waals surface area contributed by atoms with E-state index in [1.165, 1.54) is 11.1 Å². The van der Waals surface area contributed by atoms with Crippen molar-refractivity contribution in [3.8, 4) is 22.6 Å². The van der Waals surface area contributed by atoms with Gasteiger partial charge in [-0.3, -0.25) is 0 Å². The van der Waals surface area contributed by atoms with E-state index in [9.17, 15) is 0 Å². The van der Waals surface area contributed by atoms with Crippen molar-refractivity contribution in [2.75, 3.05) is 23.3 Å². The summed E-state index contributed by atoms with van der Waals surface area (Å²) in [5.41, 5.74) is 4.63. The van der Waals surface area contributed by atoms with E-state index in [1.807, 2.05) is 42.5 Å². The zero-order chi connectivity index (χ0) is 21.3. The van der Waals surface area contributed by atoms with Gasteiger partial charge in [-0.1, -0.05) is 66.7 Å². The topological polar surface area (TPSA) is 37.8 Å². The van der Waals surface area contributed by atoms with E-state index in [1.54, 1.807) is 0 Å². The minimum absolute atomic E-state index is 0.473. The number of benzene rings is 3. The molecule has 0 radical (unpaired) electrons. The fourth-order valence-corrected chi connectivity index (χ4v) is 4.27. The third-order valence-electron chi connectivity index (χ3n) is 5.97. The van der Waals surface area contributed by atoms with Crippen LogP contribution in [0.5, 0.6) is 11.5 Å². The van der Waals surface area contributed by atoms with Crippen LogP contribution in [-0.2, 0) is 13.1 Å². The Morgan fingerprint density at radius 1 is 0.562 bits per heavy atom. The van der Waals surface area contributed by atoms with Crippen LogP contribution in [0.25, 0.3) is 11.1 Å². The number of para-hydroxylation sites is 2. The molecule has 2 aliphatic heterocycles. The van der Waals surface area contributed by atoms with Crippen LogP contribution in [0.1, 0.15) is 11.1 Å². The SMILES string of the molecule is c1ccc(-c2cc(N3COc4ccccc4C3)nc(N3COc4ccccc4C3)c2)cc1. The standard InChI is InChI=1S/C27H23N3O2/c1-2-8-20(9-3-1)23-14-26(29-16-21-10-4-6-12-24(21)31-18-29)28-27(15-23)30-17-22-11-5-7-13-25(22)32-19-30/h1-15H,16-19H2. The fraction of sp³-hybridized carbons (Fsp3) is 0.148. The summed E-state index contributed by atoms with van der Waals surface area (Å²) in [4.78, 5) is 9.40. The Morgan fingerprint density at radius 2 is 1.06 bits per heavy atom. The molecule has 0 saturated heterocycles. The molecule has 0 atom stereocenters. The third kappa shape index (κ3) is 3.52. The van der Waals surface area contributed by atoms with Crippen molar-refractivity contribution in [2.24, 2.45) is 0 Å². The summed E-state index contributed by atoms with van der Waals surface area (Å²) in [5.74, 6) is 3.69. The lowest BCUT2D eigenvalue weighted by molar-refractivity contribution is 0.285. The Hall–Kier alpha value is -3.99. The van der Waals surface area contributed by atoms with Gasteiger partial charge in [0.1, 0.15) is 23.1 Å². The van der Waals surface area contributed by atoms with Gasteiger partial charge in [0.15, 0.2) is 13.5 Å². The summed E-state index contributed by atoms with van der Waals surface area (Å²) in [6, 6.07) is 31.1. The molecule has 0 bridgehead atoms. The number of hydrogen-bond donors (Lipinski definition) is 0. The van der Waals surface area contributed by atoms with Crippen LogP contribution in [0.4, 0.5) is 11.6 Å². The van der Waals surface area contributed by atoms with Crippen molar-refractivity contribution in [2.45, 2.75) is 13.1 Å². The Balaban J connectivity index is 1.39. The minimum atomic E-state index is 0.473. The van der Waals surface area contributed by atoms with E-state index in [0.29, 0.717) is 13.5 Å². The van der Waals surface area contributed by atoms with E-state index in [2.05, 4.69) is 58.3 Å². The molecule has 32 heavy (non-hydrogen) atoms. The lowest BCUT2D eigenvalue weighted by atomic mass is 10.1. The number of hydrogen-bond acceptors (Lipinski definition) is 5. The molecule has 6 rings (SSSR count). The lowest BCUT2D eigenvalue weighted by Crippen LogP contribution is -2.35. The molecular weight excluding hydrogens is 398 g/mol. The summed E-state index contributed by atoms with van der Waals surface area (Å²) < 4.78 is 12.0. The fourth-order valence-electron chi connectivity index (χ4n) is 4.27. The molecule has 5 nitrogen and oxygen atoms in total. The number of pyridine rings is 1. The summed E-state index contributed by atoms with van der Waals surface area (Å²) in [6.45, 7) is 2.47. The maximum atomic E-state index is 6.02. The van der Waals surface area contributed by atoms with Gasteiger partial charge in [0.25, 0.3) is 0 Å². The quantitative estimate of drug-likeness (QED) is 0.439. The molecule has 0 aliphatic carbocycles. The summed E-state index contributed by atoms with van der Waals surface area (Å²) >= 11 is 0. The van der Waals surface area contributed by atoms with Crippen LogP contribution in [0.15, 0.2) is 91.0 Å². The van der Waals surface area contributed by atoms with Crippen molar-refractivity contribution < 1.29 is 9.47 Å². The van der Waals surface area contributed by atoms with Crippen molar-refractivity contribution >= 4 is 11.6 Å². The maximum Gasteiger partial charge on any atom is 0.162 e. The van der Waals surface area contributed by atoms with Gasteiger partial charge in [0, 0.05) is 11.1 Å². The summed E-state index contributed by atoms with van der Waals surface area (Å²) in [5, 5.41) is 0. The van der Waals surface area contributed by atoms with E-state index in [0.717, 1.165) is 47.4 Å². The van der Waals surface area contributed by atoms with Gasteiger partial charge < -0.3 is 19.3 Å². The Kier molecular flexibility index (Phi) is 4.65. The number of nitrogens with zero attached hydrogens (tertiary/aromatic N) is 3. The zero-order valence-electron chi connectivity index (χ0n) is 17.6. The molecule has 5 heteroatoms. The van der Waals surface area contributed by atoms with Crippen molar-refractivity contribution in [3.63, 3.8) is 0 Å². The first kappa shape index (κ1) is 18.8. The zero-order valence-corrected chi connectivity index (χ0v) is 17.6. The molecule has 0 N–H and O–H groups in total. The molecule has 0 fully saturated rings. The number of ether oxygens (including phenoxy) is 2. The maximum absolute atomic E-state index is 6.02. The monoisotopic (exact) mass is 421 g/mol. The highest BCUT2D eigenvalue weighted by molar-refractivity contribution is 5.71. The van der Waals surface area contributed by atoms with Crippen LogP contribution in [0, 0.1) is 0 Å². The molecule has 0 spiro atoms. The predicted octanol–water partition coefficient (Wildman–Crippen LogP) is 5.46. The van der Waals surface area contributed by atoms with E-state index in [-0.39, 0.29) is 0 Å². The molecule has 0 unspecified atom stereocenters. The second kappa shape index (κ2) is 7.93. The van der Waals surface area contributed by atoms with Gasteiger partial charge in [0.2, 0.25) is 0 Å². The number of anilines is 2. The molecule has 1 aromatic heterocycles. The third-order valence-corrected chi connectivity index (χ3v) is 5.97. The number of aromatic nitrogens is 1. The second-order valence-electron chi connectivity index (χ2n) is 8.10. The highest BCUT2D eigenvalue weighted by atomic mass is 16.5. The van der Waals surface area contributed by atoms with E-state index >= 15 is 0 Å². The smallest absolute Gasteiger partial charge is 0.162 e. The predicted molar refractivity (Wildman–Crippen MR) is 126 cm³/mol. The van der Waals surface area contributed by atoms with Crippen LogP contribution in [0.2, 0.25) is 0 Å². The van der Waals surface area contributed by atoms with Gasteiger partial charge in [-0.25, -0.2) is 4.98 Å². The number of rotatable bonds is 3. The highest BCUT2D eigenvalue weighted by Crippen LogP contribution is 2.34. The normalized spacial score (nSPS) is 14.8. The first-order valence-electron chi connectivity index (χ1n) is 10.8. The molecule has 3 aromatic carbocycles. The van der Waals surface area contributed by atoms with Gasteiger partial charge in [-0.15, -0.1) is 0 Å². The van der Waals surface area contributed by atoms with Gasteiger partial charge in [-0.05, 0) is 35.4 Å². The second-order valence-corrected chi connectivity index (χ2v) is 8.10. The van der Waals surface area contributed by atoms with Crippen LogP contribution < -0.4 is 19.3 Å². The van der Waals surface area contributed by atoms with Crippen LogP contribution in [0.3, 0.4) is 0 Å². The average Bonchev–Trinajstić information content (AvgIpc) is 2.88.